The summed E-state index contributed by atoms with van der Waals surface area (Å²) >= 11 is 0. The van der Waals surface area contributed by atoms with Crippen molar-refractivity contribution in [2.24, 2.45) is 0 Å². The van der Waals surface area contributed by atoms with Crippen molar-refractivity contribution in [3.05, 3.63) is 65.9 Å². The van der Waals surface area contributed by atoms with Crippen molar-refractivity contribution in [3.8, 4) is 0 Å². The zero-order valence-corrected chi connectivity index (χ0v) is 12.6. The molecule has 2 aromatic carbocycles. The van der Waals surface area contributed by atoms with Crippen molar-refractivity contribution < 1.29 is 4.42 Å². The van der Waals surface area contributed by atoms with Gasteiger partial charge in [-0.1, -0.05) is 44.2 Å². The predicted molar refractivity (Wildman–Crippen MR) is 88.7 cm³/mol. The third kappa shape index (κ3) is 3.10. The van der Waals surface area contributed by atoms with Gasteiger partial charge in [0, 0.05) is 11.1 Å². The standard InChI is InChI=1S/C19H21NO/c1-3-14(2)15-8-10-17(11-9-15)20-13-18-12-16-6-4-5-7-19(16)21-18/h4-12,14,20H,3,13H2,1-2H3. The first kappa shape index (κ1) is 13.7. The minimum atomic E-state index is 0.620. The largest absolute Gasteiger partial charge is 0.459 e. The number of hydrogen-bond donors (Lipinski definition) is 1. The molecular formula is C19H21NO. The molecule has 0 amide bonds. The van der Waals surface area contributed by atoms with Crippen LogP contribution in [0.15, 0.2) is 59.0 Å². The van der Waals surface area contributed by atoms with Crippen LogP contribution in [-0.2, 0) is 6.54 Å². The van der Waals surface area contributed by atoms with Crippen molar-refractivity contribution in [2.75, 3.05) is 5.32 Å². The van der Waals surface area contributed by atoms with E-state index in [0.29, 0.717) is 12.5 Å². The smallest absolute Gasteiger partial charge is 0.134 e. The average Bonchev–Trinajstić information content (AvgIpc) is 2.95. The van der Waals surface area contributed by atoms with Crippen molar-refractivity contribution in [1.29, 1.82) is 0 Å². The Bertz CT molecular complexity index is 679. The van der Waals surface area contributed by atoms with Gasteiger partial charge >= 0.3 is 0 Å². The molecule has 1 unspecified atom stereocenters. The maximum absolute atomic E-state index is 5.81. The van der Waals surface area contributed by atoms with Gasteiger partial charge in [-0.25, -0.2) is 0 Å². The van der Waals surface area contributed by atoms with Crippen LogP contribution in [0.4, 0.5) is 5.69 Å². The third-order valence-electron chi connectivity index (χ3n) is 4.04. The second kappa shape index (κ2) is 6.04. The first-order chi connectivity index (χ1) is 10.3. The van der Waals surface area contributed by atoms with Crippen LogP contribution in [0.3, 0.4) is 0 Å². The van der Waals surface area contributed by atoms with Gasteiger partial charge in [-0.2, -0.15) is 0 Å². The van der Waals surface area contributed by atoms with Gasteiger partial charge < -0.3 is 9.73 Å². The summed E-state index contributed by atoms with van der Waals surface area (Å²) in [7, 11) is 0. The number of hydrogen-bond acceptors (Lipinski definition) is 2. The van der Waals surface area contributed by atoms with Gasteiger partial charge in [0.2, 0.25) is 0 Å². The lowest BCUT2D eigenvalue weighted by atomic mass is 9.99. The van der Waals surface area contributed by atoms with E-state index >= 15 is 0 Å². The third-order valence-corrected chi connectivity index (χ3v) is 4.04. The lowest BCUT2D eigenvalue weighted by Crippen LogP contribution is -1.98. The summed E-state index contributed by atoms with van der Waals surface area (Å²) in [5, 5.41) is 4.57. The lowest BCUT2D eigenvalue weighted by Gasteiger charge is -2.10. The van der Waals surface area contributed by atoms with E-state index in [1.807, 2.05) is 18.2 Å². The van der Waals surface area contributed by atoms with Crippen molar-refractivity contribution in [2.45, 2.75) is 32.7 Å². The van der Waals surface area contributed by atoms with Gasteiger partial charge in [0.25, 0.3) is 0 Å². The fourth-order valence-electron chi connectivity index (χ4n) is 2.48. The number of anilines is 1. The average molecular weight is 279 g/mol. The van der Waals surface area contributed by atoms with Crippen LogP contribution in [-0.4, -0.2) is 0 Å². The van der Waals surface area contributed by atoms with E-state index < -0.39 is 0 Å². The Hall–Kier alpha value is -2.22. The molecule has 3 rings (SSSR count). The van der Waals surface area contributed by atoms with Gasteiger partial charge in [-0.05, 0) is 42.2 Å². The molecule has 2 nitrogen and oxygen atoms in total. The highest BCUT2D eigenvalue weighted by molar-refractivity contribution is 5.77. The van der Waals surface area contributed by atoms with E-state index in [4.69, 9.17) is 4.42 Å². The molecule has 0 aliphatic heterocycles. The van der Waals surface area contributed by atoms with E-state index in [0.717, 1.165) is 22.4 Å². The highest BCUT2D eigenvalue weighted by Gasteiger charge is 2.04. The summed E-state index contributed by atoms with van der Waals surface area (Å²) in [6, 6.07) is 18.9. The number of para-hydroxylation sites is 1. The van der Waals surface area contributed by atoms with E-state index in [2.05, 4.69) is 55.6 Å². The number of rotatable bonds is 5. The molecule has 0 saturated heterocycles. The summed E-state index contributed by atoms with van der Waals surface area (Å²) in [6.45, 7) is 5.19. The van der Waals surface area contributed by atoms with Crippen LogP contribution >= 0.6 is 0 Å². The molecule has 1 aromatic heterocycles. The SMILES string of the molecule is CCC(C)c1ccc(NCc2cc3ccccc3o2)cc1. The summed E-state index contributed by atoms with van der Waals surface area (Å²) in [5.41, 5.74) is 3.47. The molecule has 0 spiro atoms. The Kier molecular flexibility index (Phi) is 3.96. The van der Waals surface area contributed by atoms with Gasteiger partial charge in [0.1, 0.15) is 11.3 Å². The normalized spacial score (nSPS) is 12.5. The number of furan rings is 1. The van der Waals surface area contributed by atoms with Crippen LogP contribution in [0.25, 0.3) is 11.0 Å². The Balaban J connectivity index is 1.67. The molecule has 0 saturated carbocycles. The maximum atomic E-state index is 5.81. The number of fused-ring (bicyclic) bond motifs is 1. The highest BCUT2D eigenvalue weighted by Crippen LogP contribution is 2.22. The fourth-order valence-corrected chi connectivity index (χ4v) is 2.48. The van der Waals surface area contributed by atoms with Gasteiger partial charge in [-0.15, -0.1) is 0 Å². The zero-order chi connectivity index (χ0) is 14.7. The first-order valence-corrected chi connectivity index (χ1v) is 7.57. The summed E-state index contributed by atoms with van der Waals surface area (Å²) in [6.07, 6.45) is 1.17. The molecule has 0 fully saturated rings. The zero-order valence-electron chi connectivity index (χ0n) is 12.6. The quantitative estimate of drug-likeness (QED) is 0.661. The summed E-state index contributed by atoms with van der Waals surface area (Å²) in [5.74, 6) is 1.58. The molecule has 1 N–H and O–H groups in total. The van der Waals surface area contributed by atoms with Crippen molar-refractivity contribution >= 4 is 16.7 Å². The lowest BCUT2D eigenvalue weighted by molar-refractivity contribution is 0.559. The molecule has 1 atom stereocenters. The molecule has 0 aliphatic carbocycles. The Labute approximate surface area is 125 Å². The number of nitrogens with one attached hydrogen (secondary N) is 1. The van der Waals surface area contributed by atoms with Gasteiger partial charge in [0.05, 0.1) is 6.54 Å². The summed E-state index contributed by atoms with van der Waals surface area (Å²) < 4.78 is 5.81. The van der Waals surface area contributed by atoms with E-state index in [1.165, 1.54) is 12.0 Å². The molecule has 2 heteroatoms. The van der Waals surface area contributed by atoms with Crippen LogP contribution in [0.1, 0.15) is 37.5 Å². The molecule has 0 radical (unpaired) electrons. The van der Waals surface area contributed by atoms with Crippen molar-refractivity contribution in [3.63, 3.8) is 0 Å². The first-order valence-electron chi connectivity index (χ1n) is 7.57. The van der Waals surface area contributed by atoms with Gasteiger partial charge in [0.15, 0.2) is 0 Å². The van der Waals surface area contributed by atoms with Crippen LogP contribution < -0.4 is 5.32 Å². The van der Waals surface area contributed by atoms with E-state index in [-0.39, 0.29) is 0 Å². The van der Waals surface area contributed by atoms with Crippen LogP contribution in [0.5, 0.6) is 0 Å². The van der Waals surface area contributed by atoms with E-state index in [1.54, 1.807) is 0 Å². The molecule has 21 heavy (non-hydrogen) atoms. The summed E-state index contributed by atoms with van der Waals surface area (Å²) in [4.78, 5) is 0. The monoisotopic (exact) mass is 279 g/mol. The molecule has 0 bridgehead atoms. The topological polar surface area (TPSA) is 25.2 Å². The highest BCUT2D eigenvalue weighted by atomic mass is 16.3. The minimum absolute atomic E-state index is 0.620. The van der Waals surface area contributed by atoms with Crippen LogP contribution in [0.2, 0.25) is 0 Å². The molecule has 0 aliphatic rings. The second-order valence-electron chi connectivity index (χ2n) is 5.54. The fraction of sp³-hybridized carbons (Fsp3) is 0.263. The second-order valence-corrected chi connectivity index (χ2v) is 5.54. The Morgan fingerprint density at radius 3 is 2.52 bits per heavy atom. The van der Waals surface area contributed by atoms with Crippen molar-refractivity contribution in [1.82, 2.24) is 0 Å². The Morgan fingerprint density at radius 2 is 1.81 bits per heavy atom. The molecule has 108 valence electrons. The van der Waals surface area contributed by atoms with Crippen LogP contribution in [0, 0.1) is 0 Å². The predicted octanol–water partition coefficient (Wildman–Crippen LogP) is 5.56. The molecule has 3 aromatic rings. The number of benzene rings is 2. The molecule has 1 heterocycles. The molecular weight excluding hydrogens is 258 g/mol. The minimum Gasteiger partial charge on any atom is -0.459 e. The van der Waals surface area contributed by atoms with Gasteiger partial charge in [-0.3, -0.25) is 0 Å². The maximum Gasteiger partial charge on any atom is 0.134 e. The Morgan fingerprint density at radius 1 is 1.05 bits per heavy atom. The van der Waals surface area contributed by atoms with E-state index in [9.17, 15) is 0 Å².